The Morgan fingerprint density at radius 2 is 2.04 bits per heavy atom. The van der Waals surface area contributed by atoms with Crippen LogP contribution in [0.25, 0.3) is 0 Å². The molecule has 0 saturated carbocycles. The summed E-state index contributed by atoms with van der Waals surface area (Å²) in [5.41, 5.74) is 2.65. The second-order valence-corrected chi connectivity index (χ2v) is 5.94. The molecule has 0 aliphatic rings. The van der Waals surface area contributed by atoms with Crippen LogP contribution >= 0.6 is 11.3 Å². The Bertz CT molecular complexity index is 801. The van der Waals surface area contributed by atoms with E-state index in [0.29, 0.717) is 0 Å². The molecule has 0 saturated heterocycles. The number of hydrogen-bond acceptors (Lipinski definition) is 5. The number of nitrogens with zero attached hydrogens (tertiary/aromatic N) is 2. The lowest BCUT2D eigenvalue weighted by atomic mass is 10.3. The van der Waals surface area contributed by atoms with E-state index in [1.807, 2.05) is 54.8 Å². The van der Waals surface area contributed by atoms with Crippen molar-refractivity contribution in [2.24, 2.45) is 0 Å². The molecule has 6 heteroatoms. The molecule has 0 radical (unpaired) electrons. The Morgan fingerprint density at radius 1 is 1.22 bits per heavy atom. The van der Waals surface area contributed by atoms with E-state index >= 15 is 0 Å². The third kappa shape index (κ3) is 4.37. The number of aryl methyl sites for hydroxylation is 1. The highest BCUT2D eigenvalue weighted by atomic mass is 32.1. The summed E-state index contributed by atoms with van der Waals surface area (Å²) in [6, 6.07) is 13.3. The number of thiazole rings is 1. The Hall–Kier alpha value is -2.73. The molecule has 116 valence electrons. The van der Waals surface area contributed by atoms with Crippen LogP contribution in [-0.2, 0) is 11.2 Å². The zero-order valence-corrected chi connectivity index (χ0v) is 13.4. The second-order valence-electron chi connectivity index (χ2n) is 5.08. The van der Waals surface area contributed by atoms with Gasteiger partial charge in [-0.05, 0) is 36.8 Å². The van der Waals surface area contributed by atoms with Crippen molar-refractivity contribution >= 4 is 33.9 Å². The fourth-order valence-electron chi connectivity index (χ4n) is 2.05. The maximum atomic E-state index is 12.0. The van der Waals surface area contributed by atoms with Gasteiger partial charge in [0.2, 0.25) is 5.91 Å². The van der Waals surface area contributed by atoms with Gasteiger partial charge in [-0.15, -0.1) is 11.3 Å². The van der Waals surface area contributed by atoms with E-state index in [0.717, 1.165) is 27.9 Å². The Balaban J connectivity index is 1.60. The van der Waals surface area contributed by atoms with Crippen LogP contribution in [0.1, 0.15) is 11.3 Å². The lowest BCUT2D eigenvalue weighted by molar-refractivity contribution is -0.115. The van der Waals surface area contributed by atoms with E-state index in [1.54, 1.807) is 6.20 Å². The number of carbonyl (C=O) groups is 1. The van der Waals surface area contributed by atoms with E-state index in [4.69, 9.17) is 0 Å². The minimum Gasteiger partial charge on any atom is -0.326 e. The van der Waals surface area contributed by atoms with Crippen molar-refractivity contribution < 1.29 is 4.79 Å². The minimum atomic E-state index is -0.0817. The third-order valence-corrected chi connectivity index (χ3v) is 3.91. The Kier molecular flexibility index (Phi) is 4.63. The van der Waals surface area contributed by atoms with Crippen LogP contribution in [0.2, 0.25) is 0 Å². The molecule has 0 unspecified atom stereocenters. The van der Waals surface area contributed by atoms with Gasteiger partial charge in [0, 0.05) is 17.3 Å². The molecule has 0 atom stereocenters. The normalized spacial score (nSPS) is 10.3. The highest BCUT2D eigenvalue weighted by Crippen LogP contribution is 2.20. The SMILES string of the molecule is Cc1ccnc(Nc2nc(CC(=O)Nc3ccccc3)cs2)c1. The number of anilines is 3. The van der Waals surface area contributed by atoms with Gasteiger partial charge in [-0.2, -0.15) is 0 Å². The summed E-state index contributed by atoms with van der Waals surface area (Å²) in [5.74, 6) is 0.668. The van der Waals surface area contributed by atoms with Gasteiger partial charge in [0.05, 0.1) is 12.1 Å². The van der Waals surface area contributed by atoms with Gasteiger partial charge < -0.3 is 10.6 Å². The van der Waals surface area contributed by atoms with Gasteiger partial charge in [-0.1, -0.05) is 18.2 Å². The molecule has 1 amide bonds. The van der Waals surface area contributed by atoms with Gasteiger partial charge in [0.15, 0.2) is 5.13 Å². The molecule has 0 spiro atoms. The molecule has 2 aromatic heterocycles. The fourth-order valence-corrected chi connectivity index (χ4v) is 2.77. The molecule has 0 bridgehead atoms. The average Bonchev–Trinajstić information content (AvgIpc) is 2.95. The second kappa shape index (κ2) is 7.02. The van der Waals surface area contributed by atoms with Crippen molar-refractivity contribution in [1.82, 2.24) is 9.97 Å². The van der Waals surface area contributed by atoms with E-state index < -0.39 is 0 Å². The van der Waals surface area contributed by atoms with Crippen LogP contribution in [0.15, 0.2) is 54.0 Å². The molecule has 1 aromatic carbocycles. The maximum absolute atomic E-state index is 12.0. The third-order valence-electron chi connectivity index (χ3n) is 3.10. The number of aromatic nitrogens is 2. The molecule has 2 N–H and O–H groups in total. The molecule has 0 fully saturated rings. The lowest BCUT2D eigenvalue weighted by Crippen LogP contribution is -2.14. The number of benzene rings is 1. The zero-order chi connectivity index (χ0) is 16.1. The van der Waals surface area contributed by atoms with Crippen molar-refractivity contribution in [3.8, 4) is 0 Å². The Morgan fingerprint density at radius 3 is 2.83 bits per heavy atom. The Labute approximate surface area is 138 Å². The summed E-state index contributed by atoms with van der Waals surface area (Å²) in [4.78, 5) is 20.7. The van der Waals surface area contributed by atoms with Gasteiger partial charge >= 0.3 is 0 Å². The quantitative estimate of drug-likeness (QED) is 0.749. The van der Waals surface area contributed by atoms with Crippen molar-refractivity contribution in [1.29, 1.82) is 0 Å². The molecule has 23 heavy (non-hydrogen) atoms. The van der Waals surface area contributed by atoms with Crippen molar-refractivity contribution in [2.45, 2.75) is 13.3 Å². The monoisotopic (exact) mass is 324 g/mol. The summed E-state index contributed by atoms with van der Waals surface area (Å²) < 4.78 is 0. The topological polar surface area (TPSA) is 66.9 Å². The van der Waals surface area contributed by atoms with Gasteiger partial charge in [-0.25, -0.2) is 9.97 Å². The number of nitrogens with one attached hydrogen (secondary N) is 2. The van der Waals surface area contributed by atoms with E-state index in [2.05, 4.69) is 20.6 Å². The average molecular weight is 324 g/mol. The van der Waals surface area contributed by atoms with Crippen molar-refractivity contribution in [3.05, 3.63) is 65.3 Å². The number of hydrogen-bond donors (Lipinski definition) is 2. The van der Waals surface area contributed by atoms with E-state index in [1.165, 1.54) is 11.3 Å². The van der Waals surface area contributed by atoms with Crippen LogP contribution in [0.5, 0.6) is 0 Å². The largest absolute Gasteiger partial charge is 0.326 e. The first kappa shape index (κ1) is 15.2. The first-order valence-corrected chi connectivity index (χ1v) is 8.06. The number of amides is 1. The lowest BCUT2D eigenvalue weighted by Gasteiger charge is -2.03. The molecular formula is C17H16N4OS. The summed E-state index contributed by atoms with van der Waals surface area (Å²) in [6.45, 7) is 2.01. The van der Waals surface area contributed by atoms with Crippen LogP contribution in [0.3, 0.4) is 0 Å². The predicted molar refractivity (Wildman–Crippen MR) is 93.1 cm³/mol. The highest BCUT2D eigenvalue weighted by Gasteiger charge is 2.08. The van der Waals surface area contributed by atoms with E-state index in [9.17, 15) is 4.79 Å². The minimum absolute atomic E-state index is 0.0817. The van der Waals surface area contributed by atoms with Gasteiger partial charge in [0.25, 0.3) is 0 Å². The van der Waals surface area contributed by atoms with Crippen LogP contribution in [-0.4, -0.2) is 15.9 Å². The molecule has 0 aliphatic carbocycles. The maximum Gasteiger partial charge on any atom is 0.230 e. The number of carbonyl (C=O) groups excluding carboxylic acids is 1. The van der Waals surface area contributed by atoms with E-state index in [-0.39, 0.29) is 12.3 Å². The predicted octanol–water partition coefficient (Wildman–Crippen LogP) is 3.77. The molecular weight excluding hydrogens is 308 g/mol. The number of rotatable bonds is 5. The molecule has 3 rings (SSSR count). The summed E-state index contributed by atoms with van der Waals surface area (Å²) in [6.07, 6.45) is 1.99. The highest BCUT2D eigenvalue weighted by molar-refractivity contribution is 7.13. The summed E-state index contributed by atoms with van der Waals surface area (Å²) >= 11 is 1.46. The van der Waals surface area contributed by atoms with Gasteiger partial charge in [-0.3, -0.25) is 4.79 Å². The summed E-state index contributed by atoms with van der Waals surface area (Å²) in [5, 5.41) is 8.61. The summed E-state index contributed by atoms with van der Waals surface area (Å²) in [7, 11) is 0. The fraction of sp³-hybridized carbons (Fsp3) is 0.118. The number of para-hydroxylation sites is 1. The number of pyridine rings is 1. The first-order chi connectivity index (χ1) is 11.2. The molecule has 3 aromatic rings. The standard InChI is InChI=1S/C17H16N4OS/c1-12-7-8-18-15(9-12)21-17-20-14(11-23-17)10-16(22)19-13-5-3-2-4-6-13/h2-9,11H,10H2,1H3,(H,19,22)(H,18,20,21). The van der Waals surface area contributed by atoms with Crippen molar-refractivity contribution in [2.75, 3.05) is 10.6 Å². The van der Waals surface area contributed by atoms with Gasteiger partial charge in [0.1, 0.15) is 5.82 Å². The first-order valence-electron chi connectivity index (χ1n) is 7.18. The molecule has 0 aliphatic heterocycles. The van der Waals surface area contributed by atoms with Crippen LogP contribution < -0.4 is 10.6 Å². The van der Waals surface area contributed by atoms with Crippen molar-refractivity contribution in [3.63, 3.8) is 0 Å². The molecule has 5 nitrogen and oxygen atoms in total. The molecule has 2 heterocycles. The van der Waals surface area contributed by atoms with Crippen LogP contribution in [0.4, 0.5) is 16.6 Å². The van der Waals surface area contributed by atoms with Crippen LogP contribution in [0, 0.1) is 6.92 Å². The zero-order valence-electron chi connectivity index (χ0n) is 12.6. The smallest absolute Gasteiger partial charge is 0.230 e.